The average Bonchev–Trinajstić information content (AvgIpc) is 3.15. The second kappa shape index (κ2) is 8.93. The van der Waals surface area contributed by atoms with Crippen molar-refractivity contribution in [2.24, 2.45) is 0 Å². The number of methoxy groups -OCH3 is 1. The molecule has 27 heavy (non-hydrogen) atoms. The van der Waals surface area contributed by atoms with E-state index in [1.165, 1.54) is 0 Å². The third kappa shape index (κ3) is 5.25. The molecule has 4 nitrogen and oxygen atoms in total. The van der Waals surface area contributed by atoms with Gasteiger partial charge < -0.3 is 19.4 Å². The molecule has 0 aliphatic rings. The van der Waals surface area contributed by atoms with Crippen LogP contribution in [0.25, 0.3) is 11.3 Å². The minimum atomic E-state index is 0.585. The maximum absolute atomic E-state index is 5.93. The summed E-state index contributed by atoms with van der Waals surface area (Å²) in [6.07, 6.45) is 0. The molecule has 0 aliphatic carbocycles. The second-order valence-corrected chi connectivity index (χ2v) is 6.96. The van der Waals surface area contributed by atoms with E-state index in [1.807, 2.05) is 72.6 Å². The third-order valence-corrected chi connectivity index (χ3v) is 4.84. The smallest absolute Gasteiger partial charge is 0.169 e. The molecular formula is C21H21ClN2O2S. The zero-order valence-corrected chi connectivity index (χ0v) is 16.8. The molecule has 1 heterocycles. The van der Waals surface area contributed by atoms with Gasteiger partial charge in [0, 0.05) is 24.2 Å². The van der Waals surface area contributed by atoms with E-state index >= 15 is 0 Å². The summed E-state index contributed by atoms with van der Waals surface area (Å²) < 4.78 is 11.1. The summed E-state index contributed by atoms with van der Waals surface area (Å²) in [4.78, 5) is 1.95. The number of rotatable bonds is 6. The first-order valence-corrected chi connectivity index (χ1v) is 9.30. The quantitative estimate of drug-likeness (QED) is 0.581. The van der Waals surface area contributed by atoms with Crippen molar-refractivity contribution in [3.63, 3.8) is 0 Å². The minimum Gasteiger partial charge on any atom is -0.497 e. The summed E-state index contributed by atoms with van der Waals surface area (Å²) >= 11 is 11.4. The summed E-state index contributed by atoms with van der Waals surface area (Å²) in [5.41, 5.74) is 2.13. The van der Waals surface area contributed by atoms with Gasteiger partial charge in [0.25, 0.3) is 0 Å². The molecule has 1 N–H and O–H groups in total. The Bertz CT molecular complexity index is 891. The molecule has 0 spiro atoms. The van der Waals surface area contributed by atoms with Crippen LogP contribution in [0, 0.1) is 0 Å². The number of hydrogen-bond donors (Lipinski definition) is 1. The Labute approximate surface area is 169 Å². The highest BCUT2D eigenvalue weighted by molar-refractivity contribution is 7.80. The van der Waals surface area contributed by atoms with Crippen molar-refractivity contribution in [3.05, 3.63) is 77.0 Å². The maximum Gasteiger partial charge on any atom is 0.169 e. The van der Waals surface area contributed by atoms with E-state index < -0.39 is 0 Å². The minimum absolute atomic E-state index is 0.585. The molecular weight excluding hydrogens is 380 g/mol. The van der Waals surface area contributed by atoms with E-state index in [-0.39, 0.29) is 0 Å². The lowest BCUT2D eigenvalue weighted by atomic mass is 10.2. The summed E-state index contributed by atoms with van der Waals surface area (Å²) in [7, 11) is 3.60. The fraction of sp³-hybridized carbons (Fsp3) is 0.190. The standard InChI is InChI=1S/C21H21ClN2O2S/c1-24(21(27)23-13-15-3-9-18(25-2)10-4-15)14-19-11-12-20(26-19)16-5-7-17(22)8-6-16/h3-12H,13-14H2,1-2H3,(H,23,27). The lowest BCUT2D eigenvalue weighted by molar-refractivity contribution is 0.410. The van der Waals surface area contributed by atoms with Crippen LogP contribution in [0.3, 0.4) is 0 Å². The summed E-state index contributed by atoms with van der Waals surface area (Å²) in [5.74, 6) is 2.50. The lowest BCUT2D eigenvalue weighted by Gasteiger charge is -2.20. The van der Waals surface area contributed by atoms with Gasteiger partial charge in [-0.3, -0.25) is 0 Å². The van der Waals surface area contributed by atoms with Crippen LogP contribution < -0.4 is 10.1 Å². The van der Waals surface area contributed by atoms with Crippen LogP contribution >= 0.6 is 23.8 Å². The number of furan rings is 1. The van der Waals surface area contributed by atoms with Gasteiger partial charge in [0.2, 0.25) is 0 Å². The molecule has 0 fully saturated rings. The first-order valence-electron chi connectivity index (χ1n) is 8.51. The number of nitrogens with zero attached hydrogens (tertiary/aromatic N) is 1. The van der Waals surface area contributed by atoms with Gasteiger partial charge in [0.15, 0.2) is 5.11 Å². The average molecular weight is 401 g/mol. The van der Waals surface area contributed by atoms with Crippen molar-refractivity contribution >= 4 is 28.9 Å². The number of benzene rings is 2. The normalized spacial score (nSPS) is 10.5. The maximum atomic E-state index is 5.93. The molecule has 0 saturated carbocycles. The number of ether oxygens (including phenoxy) is 1. The molecule has 0 saturated heterocycles. The lowest BCUT2D eigenvalue weighted by Crippen LogP contribution is -2.36. The van der Waals surface area contributed by atoms with E-state index in [9.17, 15) is 0 Å². The monoisotopic (exact) mass is 400 g/mol. The van der Waals surface area contributed by atoms with Crippen molar-refractivity contribution in [2.45, 2.75) is 13.1 Å². The molecule has 2 aromatic carbocycles. The molecule has 0 bridgehead atoms. The van der Waals surface area contributed by atoms with Crippen molar-refractivity contribution < 1.29 is 9.15 Å². The number of thiocarbonyl (C=S) groups is 1. The van der Waals surface area contributed by atoms with Gasteiger partial charge in [0.05, 0.1) is 13.7 Å². The highest BCUT2D eigenvalue weighted by atomic mass is 35.5. The van der Waals surface area contributed by atoms with E-state index in [0.29, 0.717) is 23.2 Å². The van der Waals surface area contributed by atoms with Gasteiger partial charge in [-0.15, -0.1) is 0 Å². The molecule has 0 atom stereocenters. The van der Waals surface area contributed by atoms with Crippen molar-refractivity contribution in [1.82, 2.24) is 10.2 Å². The Morgan fingerprint density at radius 1 is 1.07 bits per heavy atom. The molecule has 0 unspecified atom stereocenters. The topological polar surface area (TPSA) is 37.6 Å². The van der Waals surface area contributed by atoms with Crippen LogP contribution in [0.1, 0.15) is 11.3 Å². The number of halogens is 1. The molecule has 140 valence electrons. The van der Waals surface area contributed by atoms with Gasteiger partial charge in [-0.05, 0) is 66.3 Å². The zero-order valence-electron chi connectivity index (χ0n) is 15.2. The zero-order chi connectivity index (χ0) is 19.2. The Morgan fingerprint density at radius 3 is 2.44 bits per heavy atom. The highest BCUT2D eigenvalue weighted by Gasteiger charge is 2.10. The van der Waals surface area contributed by atoms with E-state index in [2.05, 4.69) is 5.32 Å². The van der Waals surface area contributed by atoms with Gasteiger partial charge >= 0.3 is 0 Å². The molecule has 0 radical (unpaired) electrons. The van der Waals surface area contributed by atoms with E-state index in [0.717, 1.165) is 28.4 Å². The van der Waals surface area contributed by atoms with Crippen LogP contribution in [-0.4, -0.2) is 24.2 Å². The third-order valence-electron chi connectivity index (χ3n) is 4.13. The fourth-order valence-corrected chi connectivity index (χ4v) is 2.86. The molecule has 1 aromatic heterocycles. The van der Waals surface area contributed by atoms with Gasteiger partial charge in [-0.2, -0.15) is 0 Å². The van der Waals surface area contributed by atoms with Gasteiger partial charge in [-0.25, -0.2) is 0 Å². The molecule has 0 aliphatic heterocycles. The molecule has 3 aromatic rings. The predicted molar refractivity (Wildman–Crippen MR) is 113 cm³/mol. The molecule has 3 rings (SSSR count). The Kier molecular flexibility index (Phi) is 6.37. The Hall–Kier alpha value is -2.50. The van der Waals surface area contributed by atoms with Crippen LogP contribution in [0.5, 0.6) is 5.75 Å². The number of nitrogens with one attached hydrogen (secondary N) is 1. The first kappa shape index (κ1) is 19.3. The van der Waals surface area contributed by atoms with Gasteiger partial charge in [-0.1, -0.05) is 23.7 Å². The highest BCUT2D eigenvalue weighted by Crippen LogP contribution is 2.24. The van der Waals surface area contributed by atoms with Crippen LogP contribution in [-0.2, 0) is 13.1 Å². The van der Waals surface area contributed by atoms with Gasteiger partial charge in [0.1, 0.15) is 17.3 Å². The SMILES string of the molecule is COc1ccc(CNC(=S)N(C)Cc2ccc(-c3ccc(Cl)cc3)o2)cc1. The van der Waals surface area contributed by atoms with Crippen LogP contribution in [0.4, 0.5) is 0 Å². The fourth-order valence-electron chi connectivity index (χ4n) is 2.59. The summed E-state index contributed by atoms with van der Waals surface area (Å²) in [6, 6.07) is 19.4. The first-order chi connectivity index (χ1) is 13.0. The molecule has 6 heteroatoms. The van der Waals surface area contributed by atoms with E-state index in [4.69, 9.17) is 33.0 Å². The predicted octanol–water partition coefficient (Wildman–Crippen LogP) is 5.12. The molecule has 0 amide bonds. The van der Waals surface area contributed by atoms with Crippen LogP contribution in [0.15, 0.2) is 65.1 Å². The van der Waals surface area contributed by atoms with Crippen molar-refractivity contribution in [1.29, 1.82) is 0 Å². The largest absolute Gasteiger partial charge is 0.497 e. The van der Waals surface area contributed by atoms with Crippen molar-refractivity contribution in [3.8, 4) is 17.1 Å². The summed E-state index contributed by atoms with van der Waals surface area (Å²) in [5, 5.41) is 4.63. The Balaban J connectivity index is 1.54. The Morgan fingerprint density at radius 2 is 1.78 bits per heavy atom. The summed E-state index contributed by atoms with van der Waals surface area (Å²) in [6.45, 7) is 1.24. The van der Waals surface area contributed by atoms with E-state index in [1.54, 1.807) is 7.11 Å². The number of hydrogen-bond acceptors (Lipinski definition) is 3. The second-order valence-electron chi connectivity index (χ2n) is 6.14. The van der Waals surface area contributed by atoms with Crippen molar-refractivity contribution in [2.75, 3.05) is 14.2 Å². The van der Waals surface area contributed by atoms with Crippen LogP contribution in [0.2, 0.25) is 5.02 Å².